The maximum atomic E-state index is 10.7. The zero-order chi connectivity index (χ0) is 12.7. The van der Waals surface area contributed by atoms with Gasteiger partial charge in [-0.25, -0.2) is 4.98 Å². The van der Waals surface area contributed by atoms with Crippen LogP contribution in [-0.2, 0) is 4.79 Å². The number of hydrogen-bond acceptors (Lipinski definition) is 3. The molecular weight excluding hydrogens is 248 g/mol. The number of rotatable bonds is 4. The number of carbonyl (C=O) groups is 1. The van der Waals surface area contributed by atoms with Gasteiger partial charge in [-0.2, -0.15) is 0 Å². The number of nitrogens with zero attached hydrogens (tertiary/aromatic N) is 2. The third-order valence-electron chi connectivity index (χ3n) is 3.13. The SMILES string of the molecule is Cc1cccc2c1nc(SCC(=O)O)n2C1CC1. The minimum atomic E-state index is -0.800. The van der Waals surface area contributed by atoms with E-state index in [2.05, 4.69) is 15.6 Å². The third-order valence-corrected chi connectivity index (χ3v) is 4.06. The topological polar surface area (TPSA) is 55.1 Å². The molecule has 0 spiro atoms. The van der Waals surface area contributed by atoms with E-state index in [4.69, 9.17) is 5.11 Å². The number of fused-ring (bicyclic) bond motifs is 1. The molecule has 18 heavy (non-hydrogen) atoms. The molecule has 0 amide bonds. The first-order valence-corrected chi connectivity index (χ1v) is 6.97. The van der Waals surface area contributed by atoms with Crippen LogP contribution in [0, 0.1) is 6.92 Å². The van der Waals surface area contributed by atoms with Crippen LogP contribution in [0.2, 0.25) is 0 Å². The van der Waals surface area contributed by atoms with Crippen LogP contribution in [0.5, 0.6) is 0 Å². The number of aromatic nitrogens is 2. The second-order valence-corrected chi connectivity index (χ2v) is 5.56. The molecule has 1 N–H and O–H groups in total. The normalized spacial score (nSPS) is 15.2. The van der Waals surface area contributed by atoms with E-state index in [1.54, 1.807) is 0 Å². The molecule has 5 heteroatoms. The molecule has 94 valence electrons. The summed E-state index contributed by atoms with van der Waals surface area (Å²) in [7, 11) is 0. The van der Waals surface area contributed by atoms with Crippen LogP contribution >= 0.6 is 11.8 Å². The average Bonchev–Trinajstić information content (AvgIpc) is 3.08. The molecule has 4 nitrogen and oxygen atoms in total. The lowest BCUT2D eigenvalue weighted by Gasteiger charge is -2.05. The van der Waals surface area contributed by atoms with Gasteiger partial charge in [0.2, 0.25) is 0 Å². The van der Waals surface area contributed by atoms with Crippen molar-refractivity contribution >= 4 is 28.8 Å². The van der Waals surface area contributed by atoms with Gasteiger partial charge in [-0.05, 0) is 31.4 Å². The van der Waals surface area contributed by atoms with E-state index in [1.807, 2.05) is 19.1 Å². The number of para-hydroxylation sites is 1. The fourth-order valence-electron chi connectivity index (χ4n) is 2.15. The molecule has 1 fully saturated rings. The van der Waals surface area contributed by atoms with Crippen LogP contribution in [0.4, 0.5) is 0 Å². The number of thioether (sulfide) groups is 1. The highest BCUT2D eigenvalue weighted by Crippen LogP contribution is 2.41. The van der Waals surface area contributed by atoms with E-state index in [1.165, 1.54) is 24.6 Å². The van der Waals surface area contributed by atoms with E-state index in [9.17, 15) is 4.79 Å². The molecule has 1 aliphatic rings. The van der Waals surface area contributed by atoms with Crippen molar-refractivity contribution in [2.24, 2.45) is 0 Å². The summed E-state index contributed by atoms with van der Waals surface area (Å²) in [6, 6.07) is 6.65. The summed E-state index contributed by atoms with van der Waals surface area (Å²) >= 11 is 1.31. The minimum absolute atomic E-state index is 0.0646. The van der Waals surface area contributed by atoms with Gasteiger partial charge in [-0.15, -0.1) is 0 Å². The van der Waals surface area contributed by atoms with Crippen LogP contribution in [0.1, 0.15) is 24.4 Å². The van der Waals surface area contributed by atoms with Gasteiger partial charge in [-0.3, -0.25) is 4.79 Å². The van der Waals surface area contributed by atoms with Crippen molar-refractivity contribution in [2.75, 3.05) is 5.75 Å². The molecule has 0 unspecified atom stereocenters. The Bertz CT molecular complexity index is 617. The Labute approximate surface area is 109 Å². The molecular formula is C13H14N2O2S. The smallest absolute Gasteiger partial charge is 0.313 e. The second kappa shape index (κ2) is 4.31. The molecule has 1 saturated carbocycles. The van der Waals surface area contributed by atoms with Crippen LogP contribution in [0.15, 0.2) is 23.4 Å². The van der Waals surface area contributed by atoms with Crippen molar-refractivity contribution < 1.29 is 9.90 Å². The van der Waals surface area contributed by atoms with E-state index < -0.39 is 5.97 Å². The zero-order valence-electron chi connectivity index (χ0n) is 10.1. The largest absolute Gasteiger partial charge is 0.481 e. The molecule has 0 saturated heterocycles. The summed E-state index contributed by atoms with van der Waals surface area (Å²) in [5.41, 5.74) is 3.27. The summed E-state index contributed by atoms with van der Waals surface area (Å²) in [6.07, 6.45) is 2.33. The number of aryl methyl sites for hydroxylation is 1. The van der Waals surface area contributed by atoms with Gasteiger partial charge in [0.25, 0.3) is 0 Å². The summed E-state index contributed by atoms with van der Waals surface area (Å²) in [5.74, 6) is -0.735. The fourth-order valence-corrected chi connectivity index (χ4v) is 2.94. The van der Waals surface area contributed by atoms with Gasteiger partial charge >= 0.3 is 5.97 Å². The second-order valence-electron chi connectivity index (χ2n) is 4.62. The fraction of sp³-hybridized carbons (Fsp3) is 0.385. The average molecular weight is 262 g/mol. The predicted molar refractivity (Wildman–Crippen MR) is 71.1 cm³/mol. The molecule has 2 aromatic rings. The summed E-state index contributed by atoms with van der Waals surface area (Å²) in [6.45, 7) is 2.04. The molecule has 3 rings (SSSR count). The Morgan fingerprint density at radius 3 is 3.00 bits per heavy atom. The zero-order valence-corrected chi connectivity index (χ0v) is 10.9. The summed E-state index contributed by atoms with van der Waals surface area (Å²) in [5, 5.41) is 9.63. The van der Waals surface area contributed by atoms with Crippen LogP contribution in [0.3, 0.4) is 0 Å². The first-order chi connectivity index (χ1) is 8.66. The molecule has 1 aromatic carbocycles. The maximum Gasteiger partial charge on any atom is 0.313 e. The van der Waals surface area contributed by atoms with Crippen molar-refractivity contribution in [3.8, 4) is 0 Å². The number of benzene rings is 1. The quantitative estimate of drug-likeness (QED) is 0.861. The van der Waals surface area contributed by atoms with Crippen LogP contribution < -0.4 is 0 Å². The van der Waals surface area contributed by atoms with Gasteiger partial charge in [0.05, 0.1) is 16.8 Å². The molecule has 1 heterocycles. The maximum absolute atomic E-state index is 10.7. The van der Waals surface area contributed by atoms with Crippen molar-refractivity contribution in [1.29, 1.82) is 0 Å². The van der Waals surface area contributed by atoms with Gasteiger partial charge in [0.1, 0.15) is 0 Å². The van der Waals surface area contributed by atoms with E-state index in [-0.39, 0.29) is 5.75 Å². The molecule has 0 radical (unpaired) electrons. The highest BCUT2D eigenvalue weighted by atomic mass is 32.2. The van der Waals surface area contributed by atoms with Crippen LogP contribution in [0.25, 0.3) is 11.0 Å². The van der Waals surface area contributed by atoms with Crippen molar-refractivity contribution in [3.63, 3.8) is 0 Å². The van der Waals surface area contributed by atoms with Gasteiger partial charge < -0.3 is 9.67 Å². The third kappa shape index (κ3) is 1.99. The number of carboxylic acids is 1. The Morgan fingerprint density at radius 2 is 2.33 bits per heavy atom. The Morgan fingerprint density at radius 1 is 1.56 bits per heavy atom. The summed E-state index contributed by atoms with van der Waals surface area (Å²) < 4.78 is 2.20. The van der Waals surface area contributed by atoms with Crippen LogP contribution in [-0.4, -0.2) is 26.4 Å². The van der Waals surface area contributed by atoms with Crippen molar-refractivity contribution in [1.82, 2.24) is 9.55 Å². The van der Waals surface area contributed by atoms with Gasteiger partial charge in [0.15, 0.2) is 5.16 Å². The van der Waals surface area contributed by atoms with Gasteiger partial charge in [-0.1, -0.05) is 23.9 Å². The highest BCUT2D eigenvalue weighted by molar-refractivity contribution is 7.99. The molecule has 1 aromatic heterocycles. The first kappa shape index (κ1) is 11.6. The Kier molecular flexibility index (Phi) is 2.78. The van der Waals surface area contributed by atoms with Crippen molar-refractivity contribution in [2.45, 2.75) is 31.0 Å². The number of aliphatic carboxylic acids is 1. The molecule has 0 bridgehead atoms. The molecule has 0 aliphatic heterocycles. The standard InChI is InChI=1S/C13H14N2O2S/c1-8-3-2-4-10-12(8)14-13(18-7-11(16)17)15(10)9-5-6-9/h2-4,9H,5-7H2,1H3,(H,16,17). The van der Waals surface area contributed by atoms with Crippen molar-refractivity contribution in [3.05, 3.63) is 23.8 Å². The lowest BCUT2D eigenvalue weighted by molar-refractivity contribution is -0.133. The number of hydrogen-bond donors (Lipinski definition) is 1. The number of carboxylic acid groups (broad SMARTS) is 1. The first-order valence-electron chi connectivity index (χ1n) is 5.99. The van der Waals surface area contributed by atoms with E-state index in [0.29, 0.717) is 6.04 Å². The Hall–Kier alpha value is -1.49. The van der Waals surface area contributed by atoms with Gasteiger partial charge in [0, 0.05) is 6.04 Å². The predicted octanol–water partition coefficient (Wildman–Crippen LogP) is 2.86. The lowest BCUT2D eigenvalue weighted by atomic mass is 10.2. The van der Waals surface area contributed by atoms with E-state index >= 15 is 0 Å². The molecule has 0 atom stereocenters. The lowest BCUT2D eigenvalue weighted by Crippen LogP contribution is -2.01. The Balaban J connectivity index is 2.08. The van der Waals surface area contributed by atoms with E-state index in [0.717, 1.165) is 21.8 Å². The molecule has 1 aliphatic carbocycles. The summed E-state index contributed by atoms with van der Waals surface area (Å²) in [4.78, 5) is 15.3. The minimum Gasteiger partial charge on any atom is -0.481 e. The highest BCUT2D eigenvalue weighted by Gasteiger charge is 2.28. The number of imidazole rings is 1. The monoisotopic (exact) mass is 262 g/mol.